The van der Waals surface area contributed by atoms with Gasteiger partial charge < -0.3 is 19.7 Å². The second-order valence-electron chi connectivity index (χ2n) is 6.60. The molecule has 0 heterocycles. The first-order valence-corrected chi connectivity index (χ1v) is 8.20. The summed E-state index contributed by atoms with van der Waals surface area (Å²) >= 11 is 0. The lowest BCUT2D eigenvalue weighted by molar-refractivity contribution is -0.132. The fourth-order valence-electron chi connectivity index (χ4n) is 2.21. The van der Waals surface area contributed by atoms with Gasteiger partial charge in [0.1, 0.15) is 0 Å². The van der Waals surface area contributed by atoms with Crippen molar-refractivity contribution < 1.29 is 19.1 Å². The fraction of sp³-hybridized carbons (Fsp3) is 0.474. The molecule has 0 aromatic heterocycles. The Morgan fingerprint density at radius 3 is 2.32 bits per heavy atom. The van der Waals surface area contributed by atoms with Gasteiger partial charge in [0.25, 0.3) is 0 Å². The first-order chi connectivity index (χ1) is 11.7. The molecule has 0 bridgehead atoms. The molecule has 0 saturated carbocycles. The van der Waals surface area contributed by atoms with Crippen molar-refractivity contribution in [3.8, 4) is 11.5 Å². The molecule has 0 spiro atoms. The van der Waals surface area contributed by atoms with Gasteiger partial charge >= 0.3 is 0 Å². The van der Waals surface area contributed by atoms with Gasteiger partial charge in [0.2, 0.25) is 11.8 Å². The molecule has 1 N–H and O–H groups in total. The summed E-state index contributed by atoms with van der Waals surface area (Å²) in [5, 5.41) is 2.85. The van der Waals surface area contributed by atoms with Crippen LogP contribution in [-0.2, 0) is 9.59 Å². The van der Waals surface area contributed by atoms with Crippen LogP contribution in [0.25, 0.3) is 6.08 Å². The Hall–Kier alpha value is -2.50. The Labute approximate surface area is 149 Å². The van der Waals surface area contributed by atoms with Crippen LogP contribution in [0.15, 0.2) is 24.3 Å². The van der Waals surface area contributed by atoms with Crippen molar-refractivity contribution in [3.05, 3.63) is 29.8 Å². The number of hydrogen-bond acceptors (Lipinski definition) is 4. The SMILES string of the molecule is CCN(CC(=O)NC(C)(C)C)C(=O)/C=C/c1ccc(OC)c(OC)c1. The molecule has 138 valence electrons. The molecule has 1 rings (SSSR count). The van der Waals surface area contributed by atoms with E-state index in [0.717, 1.165) is 5.56 Å². The quantitative estimate of drug-likeness (QED) is 0.769. The van der Waals surface area contributed by atoms with Crippen LogP contribution < -0.4 is 14.8 Å². The van der Waals surface area contributed by atoms with E-state index in [9.17, 15) is 9.59 Å². The average molecular weight is 348 g/mol. The first-order valence-electron chi connectivity index (χ1n) is 8.20. The third-order valence-corrected chi connectivity index (χ3v) is 3.37. The molecule has 2 amide bonds. The van der Waals surface area contributed by atoms with Crippen LogP contribution in [0.2, 0.25) is 0 Å². The van der Waals surface area contributed by atoms with E-state index in [-0.39, 0.29) is 23.9 Å². The zero-order chi connectivity index (χ0) is 19.0. The van der Waals surface area contributed by atoms with Crippen LogP contribution in [0.4, 0.5) is 0 Å². The van der Waals surface area contributed by atoms with Crippen LogP contribution in [0, 0.1) is 0 Å². The number of nitrogens with one attached hydrogen (secondary N) is 1. The lowest BCUT2D eigenvalue weighted by Crippen LogP contribution is -2.47. The number of carbonyl (C=O) groups is 2. The summed E-state index contributed by atoms with van der Waals surface area (Å²) in [6.07, 6.45) is 3.14. The molecule has 0 unspecified atom stereocenters. The van der Waals surface area contributed by atoms with Crippen LogP contribution in [0.3, 0.4) is 0 Å². The summed E-state index contributed by atoms with van der Waals surface area (Å²) in [5.41, 5.74) is 0.482. The average Bonchev–Trinajstić information content (AvgIpc) is 2.55. The van der Waals surface area contributed by atoms with Crippen LogP contribution >= 0.6 is 0 Å². The first kappa shape index (κ1) is 20.5. The minimum absolute atomic E-state index is 0.0306. The summed E-state index contributed by atoms with van der Waals surface area (Å²) in [4.78, 5) is 25.8. The van der Waals surface area contributed by atoms with Crippen molar-refractivity contribution in [2.75, 3.05) is 27.3 Å². The van der Waals surface area contributed by atoms with E-state index in [2.05, 4.69) is 5.32 Å². The largest absolute Gasteiger partial charge is 0.493 e. The molecule has 1 aromatic carbocycles. The Balaban J connectivity index is 2.78. The number of ether oxygens (including phenoxy) is 2. The maximum absolute atomic E-state index is 12.3. The topological polar surface area (TPSA) is 67.9 Å². The van der Waals surface area contributed by atoms with Crippen molar-refractivity contribution in [2.24, 2.45) is 0 Å². The molecule has 0 atom stereocenters. The molecule has 25 heavy (non-hydrogen) atoms. The standard InChI is InChI=1S/C19H28N2O4/c1-7-21(13-17(22)20-19(2,3)4)18(23)11-9-14-8-10-15(24-5)16(12-14)25-6/h8-12H,7,13H2,1-6H3,(H,20,22)/b11-9+. The van der Waals surface area contributed by atoms with Gasteiger partial charge in [-0.15, -0.1) is 0 Å². The van der Waals surface area contributed by atoms with Crippen molar-refractivity contribution in [2.45, 2.75) is 33.2 Å². The molecule has 6 nitrogen and oxygen atoms in total. The van der Waals surface area contributed by atoms with Gasteiger partial charge in [-0.25, -0.2) is 0 Å². The summed E-state index contributed by atoms with van der Waals surface area (Å²) in [6, 6.07) is 5.39. The Bertz CT molecular complexity index is 633. The predicted molar refractivity (Wildman–Crippen MR) is 98.7 cm³/mol. The van der Waals surface area contributed by atoms with E-state index in [0.29, 0.717) is 18.0 Å². The van der Waals surface area contributed by atoms with Gasteiger partial charge in [0.15, 0.2) is 11.5 Å². The van der Waals surface area contributed by atoms with E-state index in [1.807, 2.05) is 33.8 Å². The molecule has 0 aliphatic heterocycles. The second kappa shape index (κ2) is 9.11. The van der Waals surface area contributed by atoms with Gasteiger partial charge in [-0.1, -0.05) is 6.07 Å². The molecular weight excluding hydrogens is 320 g/mol. The van der Waals surface area contributed by atoms with Crippen molar-refractivity contribution in [1.29, 1.82) is 0 Å². The predicted octanol–water partition coefficient (Wildman–Crippen LogP) is 2.48. The highest BCUT2D eigenvalue weighted by Crippen LogP contribution is 2.27. The number of nitrogens with zero attached hydrogens (tertiary/aromatic N) is 1. The molecule has 0 fully saturated rings. The van der Waals surface area contributed by atoms with Crippen LogP contribution in [0.5, 0.6) is 11.5 Å². The number of amides is 2. The Kier molecular flexibility index (Phi) is 7.48. The third kappa shape index (κ3) is 6.87. The monoisotopic (exact) mass is 348 g/mol. The zero-order valence-corrected chi connectivity index (χ0v) is 15.9. The van der Waals surface area contributed by atoms with E-state index in [1.165, 1.54) is 11.0 Å². The minimum Gasteiger partial charge on any atom is -0.493 e. The summed E-state index contributed by atoms with van der Waals surface area (Å²) in [5.74, 6) is 0.817. The minimum atomic E-state index is -0.324. The highest BCUT2D eigenvalue weighted by molar-refractivity contribution is 5.94. The van der Waals surface area contributed by atoms with Crippen LogP contribution in [0.1, 0.15) is 33.3 Å². The number of carbonyl (C=O) groups excluding carboxylic acids is 2. The smallest absolute Gasteiger partial charge is 0.247 e. The summed E-state index contributed by atoms with van der Waals surface area (Å²) in [6.45, 7) is 8.03. The molecule has 0 aliphatic rings. The third-order valence-electron chi connectivity index (χ3n) is 3.37. The van der Waals surface area contributed by atoms with Gasteiger partial charge in [0, 0.05) is 18.2 Å². The lowest BCUT2D eigenvalue weighted by Gasteiger charge is -2.24. The van der Waals surface area contributed by atoms with Gasteiger partial charge in [-0.05, 0) is 51.5 Å². The molecule has 0 saturated heterocycles. The normalized spacial score (nSPS) is 11.3. The maximum Gasteiger partial charge on any atom is 0.247 e. The number of benzene rings is 1. The Morgan fingerprint density at radius 2 is 1.80 bits per heavy atom. The summed E-state index contributed by atoms with van der Waals surface area (Å²) in [7, 11) is 3.13. The molecule has 0 aliphatic carbocycles. The molecule has 0 radical (unpaired) electrons. The molecule has 1 aromatic rings. The van der Waals surface area contributed by atoms with Crippen molar-refractivity contribution in [1.82, 2.24) is 10.2 Å². The molecule has 6 heteroatoms. The van der Waals surface area contributed by atoms with Gasteiger partial charge in [-0.3, -0.25) is 9.59 Å². The summed E-state index contributed by atoms with van der Waals surface area (Å²) < 4.78 is 10.4. The van der Waals surface area contributed by atoms with Crippen LogP contribution in [-0.4, -0.2) is 49.6 Å². The number of likely N-dealkylation sites (N-methyl/N-ethyl adjacent to an activating group) is 1. The number of rotatable bonds is 7. The van der Waals surface area contributed by atoms with E-state index in [4.69, 9.17) is 9.47 Å². The highest BCUT2D eigenvalue weighted by atomic mass is 16.5. The van der Waals surface area contributed by atoms with Crippen molar-refractivity contribution in [3.63, 3.8) is 0 Å². The lowest BCUT2D eigenvalue weighted by atomic mass is 10.1. The number of methoxy groups -OCH3 is 2. The van der Waals surface area contributed by atoms with E-state index in [1.54, 1.807) is 32.4 Å². The number of hydrogen-bond donors (Lipinski definition) is 1. The van der Waals surface area contributed by atoms with Gasteiger partial charge in [0.05, 0.1) is 20.8 Å². The highest BCUT2D eigenvalue weighted by Gasteiger charge is 2.18. The van der Waals surface area contributed by atoms with E-state index < -0.39 is 0 Å². The Morgan fingerprint density at radius 1 is 1.16 bits per heavy atom. The van der Waals surface area contributed by atoms with E-state index >= 15 is 0 Å². The van der Waals surface area contributed by atoms with Crippen molar-refractivity contribution >= 4 is 17.9 Å². The molecular formula is C19H28N2O4. The zero-order valence-electron chi connectivity index (χ0n) is 15.9. The maximum atomic E-state index is 12.3. The fourth-order valence-corrected chi connectivity index (χ4v) is 2.21. The van der Waals surface area contributed by atoms with Gasteiger partial charge in [-0.2, -0.15) is 0 Å². The second-order valence-corrected chi connectivity index (χ2v) is 6.60.